The number of aryl methyl sites for hydroxylation is 1. The highest BCUT2D eigenvalue weighted by atomic mass is 16.5. The second-order valence-corrected chi connectivity index (χ2v) is 9.10. The van der Waals surface area contributed by atoms with Gasteiger partial charge in [-0.25, -0.2) is 4.79 Å². The van der Waals surface area contributed by atoms with Crippen LogP contribution in [-0.4, -0.2) is 75.8 Å². The lowest BCUT2D eigenvalue weighted by atomic mass is 10.0. The number of ether oxygens (including phenoxy) is 2. The summed E-state index contributed by atoms with van der Waals surface area (Å²) in [6.45, 7) is 7.32. The Morgan fingerprint density at radius 3 is 2.97 bits per heavy atom. The van der Waals surface area contributed by atoms with E-state index in [1.54, 1.807) is 22.9 Å². The van der Waals surface area contributed by atoms with Gasteiger partial charge in [0.25, 0.3) is 0 Å². The monoisotopic (exact) mass is 473 g/mol. The number of nitrogens with one attached hydrogen (secondary N) is 1. The highest BCUT2D eigenvalue weighted by Gasteiger charge is 2.22. The predicted molar refractivity (Wildman–Crippen MR) is 125 cm³/mol. The molecule has 0 spiro atoms. The SMILES string of the molecule is C[C@H]1COC(=O)CCCn2cc(nn2)CO[C@@H](CN(C)Cc2cccc(C(=O)O)c2)[C@@H](C)CN1. The molecule has 2 N–H and O–H groups in total. The van der Waals surface area contributed by atoms with Gasteiger partial charge in [-0.1, -0.05) is 24.3 Å². The molecule has 10 nitrogen and oxygen atoms in total. The molecule has 0 fully saturated rings. The Morgan fingerprint density at radius 1 is 1.35 bits per heavy atom. The normalized spacial score (nSPS) is 22.9. The molecule has 1 aliphatic rings. The van der Waals surface area contributed by atoms with Gasteiger partial charge in [0.1, 0.15) is 12.3 Å². The third kappa shape index (κ3) is 8.19. The van der Waals surface area contributed by atoms with Crippen molar-refractivity contribution in [2.75, 3.05) is 26.7 Å². The molecule has 2 bridgehead atoms. The van der Waals surface area contributed by atoms with E-state index in [9.17, 15) is 14.7 Å². The van der Waals surface area contributed by atoms with Crippen LogP contribution in [0.3, 0.4) is 0 Å². The summed E-state index contributed by atoms with van der Waals surface area (Å²) in [6, 6.07) is 7.01. The van der Waals surface area contributed by atoms with Crippen LogP contribution in [-0.2, 0) is 34.0 Å². The lowest BCUT2D eigenvalue weighted by Crippen LogP contribution is -2.42. The van der Waals surface area contributed by atoms with Crippen LogP contribution in [0.4, 0.5) is 0 Å². The van der Waals surface area contributed by atoms with Crippen molar-refractivity contribution < 1.29 is 24.2 Å². The molecule has 2 heterocycles. The number of benzene rings is 1. The fraction of sp³-hybridized carbons (Fsp3) is 0.583. The molecule has 2 aromatic rings. The standard InChI is InChI=1S/C24H35N5O5/c1-17-11-25-18(2)15-34-23(30)8-5-9-29-13-21(26-27-29)16-33-22(17)14-28(3)12-19-6-4-7-20(10-19)24(31)32/h4,6-7,10,13,17-18,22,25H,5,8-9,11-12,14-16H2,1-3H3,(H,31,32)/t17-,18-,22-/m0/s1. The van der Waals surface area contributed by atoms with Crippen molar-refractivity contribution in [1.29, 1.82) is 0 Å². The minimum absolute atomic E-state index is 0.0316. The molecule has 1 aromatic carbocycles. The zero-order valence-electron chi connectivity index (χ0n) is 20.1. The van der Waals surface area contributed by atoms with E-state index in [1.165, 1.54) is 0 Å². The van der Waals surface area contributed by atoms with Crippen LogP contribution in [0.15, 0.2) is 30.5 Å². The van der Waals surface area contributed by atoms with E-state index in [2.05, 4.69) is 27.5 Å². The first kappa shape index (κ1) is 25.8. The number of carbonyl (C=O) groups excluding carboxylic acids is 1. The lowest BCUT2D eigenvalue weighted by Gasteiger charge is -2.30. The number of hydrogen-bond acceptors (Lipinski definition) is 8. The largest absolute Gasteiger partial charge is 0.478 e. The van der Waals surface area contributed by atoms with E-state index in [-0.39, 0.29) is 29.6 Å². The van der Waals surface area contributed by atoms with Gasteiger partial charge in [-0.2, -0.15) is 0 Å². The molecule has 3 rings (SSSR count). The van der Waals surface area contributed by atoms with Crippen LogP contribution >= 0.6 is 0 Å². The summed E-state index contributed by atoms with van der Waals surface area (Å²) in [5.74, 6) is -0.976. The Balaban J connectivity index is 1.67. The molecule has 0 saturated carbocycles. The summed E-state index contributed by atoms with van der Waals surface area (Å²) in [4.78, 5) is 25.4. The van der Waals surface area contributed by atoms with Gasteiger partial charge in [0, 0.05) is 38.6 Å². The molecule has 1 aliphatic heterocycles. The number of nitrogens with zero attached hydrogens (tertiary/aromatic N) is 4. The van der Waals surface area contributed by atoms with Crippen LogP contribution in [0.1, 0.15) is 48.3 Å². The van der Waals surface area contributed by atoms with Crippen LogP contribution < -0.4 is 5.32 Å². The molecule has 0 amide bonds. The van der Waals surface area contributed by atoms with E-state index < -0.39 is 5.97 Å². The van der Waals surface area contributed by atoms with Gasteiger partial charge in [-0.3, -0.25) is 14.4 Å². The van der Waals surface area contributed by atoms with E-state index in [4.69, 9.17) is 9.47 Å². The maximum Gasteiger partial charge on any atom is 0.335 e. The van der Waals surface area contributed by atoms with Gasteiger partial charge in [0.05, 0.1) is 24.5 Å². The summed E-state index contributed by atoms with van der Waals surface area (Å²) in [5.41, 5.74) is 1.95. The first-order valence-electron chi connectivity index (χ1n) is 11.7. The average Bonchev–Trinajstić information content (AvgIpc) is 3.26. The van der Waals surface area contributed by atoms with Crippen molar-refractivity contribution in [3.63, 3.8) is 0 Å². The summed E-state index contributed by atoms with van der Waals surface area (Å²) in [5, 5.41) is 21.0. The highest BCUT2D eigenvalue weighted by molar-refractivity contribution is 5.87. The number of aromatic nitrogens is 3. The number of esters is 1. The second-order valence-electron chi connectivity index (χ2n) is 9.10. The Morgan fingerprint density at radius 2 is 2.18 bits per heavy atom. The van der Waals surface area contributed by atoms with Crippen LogP contribution in [0, 0.1) is 5.92 Å². The lowest BCUT2D eigenvalue weighted by molar-refractivity contribution is -0.144. The van der Waals surface area contributed by atoms with E-state index >= 15 is 0 Å². The minimum atomic E-state index is -0.932. The molecule has 10 heteroatoms. The van der Waals surface area contributed by atoms with Crippen molar-refractivity contribution in [2.24, 2.45) is 5.92 Å². The molecule has 0 radical (unpaired) electrons. The van der Waals surface area contributed by atoms with Gasteiger partial charge in [0.2, 0.25) is 0 Å². The van der Waals surface area contributed by atoms with Crippen molar-refractivity contribution >= 4 is 11.9 Å². The van der Waals surface area contributed by atoms with Crippen LogP contribution in [0.25, 0.3) is 0 Å². The molecule has 0 unspecified atom stereocenters. The zero-order valence-corrected chi connectivity index (χ0v) is 20.1. The van der Waals surface area contributed by atoms with E-state index in [0.717, 1.165) is 11.3 Å². The summed E-state index contributed by atoms with van der Waals surface area (Å²) >= 11 is 0. The topological polar surface area (TPSA) is 119 Å². The predicted octanol–water partition coefficient (Wildman–Crippen LogP) is 1.94. The number of aromatic carboxylic acids is 1. The molecule has 1 aromatic heterocycles. The summed E-state index contributed by atoms with van der Waals surface area (Å²) < 4.78 is 13.4. The second kappa shape index (κ2) is 12.6. The number of rotatable bonds is 5. The quantitative estimate of drug-likeness (QED) is 0.628. The number of cyclic esters (lactones) is 1. The van der Waals surface area contributed by atoms with Crippen molar-refractivity contribution in [3.05, 3.63) is 47.3 Å². The Labute approximate surface area is 200 Å². The van der Waals surface area contributed by atoms with Gasteiger partial charge < -0.3 is 19.9 Å². The maximum absolute atomic E-state index is 12.0. The Bertz CT molecular complexity index is 949. The number of likely N-dealkylation sites (N-methyl/N-ethyl adjacent to an activating group) is 1. The smallest absolute Gasteiger partial charge is 0.335 e. The van der Waals surface area contributed by atoms with Crippen molar-refractivity contribution in [3.8, 4) is 0 Å². The third-order valence-electron chi connectivity index (χ3n) is 5.83. The molecule has 186 valence electrons. The first-order valence-corrected chi connectivity index (χ1v) is 11.7. The summed E-state index contributed by atoms with van der Waals surface area (Å²) in [6.07, 6.45) is 2.73. The molecular formula is C24H35N5O5. The van der Waals surface area contributed by atoms with E-state index in [0.29, 0.717) is 52.2 Å². The van der Waals surface area contributed by atoms with Crippen molar-refractivity contribution in [2.45, 2.75) is 58.5 Å². The maximum atomic E-state index is 12.0. The Kier molecular flexibility index (Phi) is 9.55. The van der Waals surface area contributed by atoms with Gasteiger partial charge in [-0.05, 0) is 44.0 Å². The number of carboxylic acid groups (broad SMARTS) is 1. The molecule has 3 atom stereocenters. The molecule has 0 aliphatic carbocycles. The van der Waals surface area contributed by atoms with Gasteiger partial charge in [-0.15, -0.1) is 5.10 Å². The number of carbonyl (C=O) groups is 2. The number of hydrogen-bond donors (Lipinski definition) is 2. The van der Waals surface area contributed by atoms with Gasteiger partial charge >= 0.3 is 11.9 Å². The highest BCUT2D eigenvalue weighted by Crippen LogP contribution is 2.15. The van der Waals surface area contributed by atoms with Gasteiger partial charge in [0.15, 0.2) is 0 Å². The molecular weight excluding hydrogens is 438 g/mol. The summed E-state index contributed by atoms with van der Waals surface area (Å²) in [7, 11) is 1.99. The first-order chi connectivity index (χ1) is 16.3. The fourth-order valence-electron chi connectivity index (χ4n) is 3.84. The third-order valence-corrected chi connectivity index (χ3v) is 5.83. The Hall–Kier alpha value is -2.82. The minimum Gasteiger partial charge on any atom is -0.478 e. The van der Waals surface area contributed by atoms with Crippen LogP contribution in [0.2, 0.25) is 0 Å². The average molecular weight is 474 g/mol. The molecule has 34 heavy (non-hydrogen) atoms. The number of fused-ring (bicyclic) bond motifs is 2. The zero-order chi connectivity index (χ0) is 24.5. The molecule has 0 saturated heterocycles. The number of carboxylic acids is 1. The van der Waals surface area contributed by atoms with E-state index in [1.807, 2.05) is 26.2 Å². The fourth-order valence-corrected chi connectivity index (χ4v) is 3.84. The van der Waals surface area contributed by atoms with Crippen LogP contribution in [0.5, 0.6) is 0 Å². The van der Waals surface area contributed by atoms with Crippen molar-refractivity contribution in [1.82, 2.24) is 25.2 Å².